The predicted octanol–water partition coefficient (Wildman–Crippen LogP) is 3.86. The molecule has 0 fully saturated rings. The van der Waals surface area contributed by atoms with Crippen LogP contribution in [0.3, 0.4) is 0 Å². The average molecular weight is 435 g/mol. The van der Waals surface area contributed by atoms with Gasteiger partial charge in [0.1, 0.15) is 24.0 Å². The third kappa shape index (κ3) is 5.69. The van der Waals surface area contributed by atoms with Gasteiger partial charge < -0.3 is 9.47 Å². The van der Waals surface area contributed by atoms with Crippen molar-refractivity contribution < 1.29 is 32.4 Å². The quantitative estimate of drug-likeness (QED) is 0.185. The zero-order valence-electron chi connectivity index (χ0n) is 16.4. The van der Waals surface area contributed by atoms with Gasteiger partial charge in [0.15, 0.2) is 0 Å². The van der Waals surface area contributed by atoms with E-state index in [9.17, 15) is 17.6 Å². The molecule has 2 aromatic carbocycles. The van der Waals surface area contributed by atoms with E-state index in [-0.39, 0.29) is 30.6 Å². The minimum atomic E-state index is -4.81. The summed E-state index contributed by atoms with van der Waals surface area (Å²) in [5.74, 6) is -0.321. The Morgan fingerprint density at radius 3 is 2.45 bits per heavy atom. The highest BCUT2D eigenvalue weighted by atomic mass is 19.4. The van der Waals surface area contributed by atoms with Crippen LogP contribution in [0.2, 0.25) is 0 Å². The number of rotatable bonds is 8. The summed E-state index contributed by atoms with van der Waals surface area (Å²) in [7, 11) is 1.45. The molecule has 3 N–H and O–H groups in total. The second-order valence-corrected chi connectivity index (χ2v) is 6.50. The summed E-state index contributed by atoms with van der Waals surface area (Å²) < 4.78 is 63.4. The number of quaternary nitrogens is 1. The van der Waals surface area contributed by atoms with Crippen molar-refractivity contribution in [2.24, 2.45) is 0 Å². The first kappa shape index (κ1) is 22.5. The van der Waals surface area contributed by atoms with Crippen LogP contribution in [0.25, 0.3) is 11.1 Å². The minimum absolute atomic E-state index is 0.0276. The highest BCUT2D eigenvalue weighted by Gasteiger charge is 2.37. The molecular formula is C21H19F4N4O2+. The molecule has 6 nitrogen and oxygen atoms in total. The Labute approximate surface area is 175 Å². The summed E-state index contributed by atoms with van der Waals surface area (Å²) in [4.78, 5) is 8.25. The van der Waals surface area contributed by atoms with Crippen molar-refractivity contribution in [3.8, 4) is 11.1 Å². The van der Waals surface area contributed by atoms with Gasteiger partial charge in [-0.3, -0.25) is 5.41 Å². The van der Waals surface area contributed by atoms with Crippen LogP contribution in [0.5, 0.6) is 0 Å². The van der Waals surface area contributed by atoms with Crippen molar-refractivity contribution in [2.45, 2.75) is 12.8 Å². The molecule has 0 radical (unpaired) electrons. The maximum atomic E-state index is 13.9. The Morgan fingerprint density at radius 1 is 1.10 bits per heavy atom. The zero-order chi connectivity index (χ0) is 22.4. The maximum Gasteiger partial charge on any atom is 0.433 e. The molecule has 0 amide bonds. The lowest BCUT2D eigenvalue weighted by Gasteiger charge is -2.12. The smallest absolute Gasteiger partial charge is 0.359 e. The molecule has 31 heavy (non-hydrogen) atoms. The van der Waals surface area contributed by atoms with Crippen molar-refractivity contribution in [1.29, 1.82) is 5.41 Å². The van der Waals surface area contributed by atoms with E-state index in [1.54, 1.807) is 18.2 Å². The number of alkyl halides is 3. The first-order valence-electron chi connectivity index (χ1n) is 9.07. The highest BCUT2D eigenvalue weighted by Crippen LogP contribution is 2.26. The second kappa shape index (κ2) is 9.73. The van der Waals surface area contributed by atoms with Gasteiger partial charge in [0, 0.05) is 36.7 Å². The normalized spacial score (nSPS) is 11.5. The van der Waals surface area contributed by atoms with Crippen molar-refractivity contribution in [1.82, 2.24) is 9.97 Å². The second-order valence-electron chi connectivity index (χ2n) is 6.50. The standard InChI is InChI=1S/C21H18F4N4O2/c1-30-12-31-11-13-6-7-16(19(26)21(23,24)25)18(8-13)29-20-27-9-14(10-28-20)15-4-2-3-5-17(15)22/h2-10,26H,11-12H2,1H3,(H,27,28,29)/p+1. The number of nitrogens with zero attached hydrogens (tertiary/aromatic N) is 2. The topological polar surface area (TPSA) is 84.7 Å². The Balaban J connectivity index is 1.89. The van der Waals surface area contributed by atoms with E-state index < -0.39 is 17.7 Å². The molecule has 1 heterocycles. The third-order valence-electron chi connectivity index (χ3n) is 4.28. The van der Waals surface area contributed by atoms with Gasteiger partial charge in [-0.15, -0.1) is 0 Å². The molecule has 10 heteroatoms. The van der Waals surface area contributed by atoms with Gasteiger partial charge in [-0.25, -0.2) is 9.71 Å². The number of aromatic nitrogens is 2. The van der Waals surface area contributed by atoms with Gasteiger partial charge in [-0.05, 0) is 17.7 Å². The first-order valence-corrected chi connectivity index (χ1v) is 9.07. The van der Waals surface area contributed by atoms with Crippen LogP contribution in [0.15, 0.2) is 54.9 Å². The molecule has 0 saturated carbocycles. The molecule has 0 aliphatic rings. The summed E-state index contributed by atoms with van der Waals surface area (Å²) >= 11 is 0. The molecule has 0 unspecified atom stereocenters. The lowest BCUT2D eigenvalue weighted by molar-refractivity contribution is -0.487. The molecular weight excluding hydrogens is 416 g/mol. The van der Waals surface area contributed by atoms with E-state index in [4.69, 9.17) is 14.9 Å². The summed E-state index contributed by atoms with van der Waals surface area (Å²) in [6.45, 7) is 0.140. The Bertz CT molecular complexity index is 1060. The lowest BCUT2D eigenvalue weighted by atomic mass is 10.0. The molecule has 3 aromatic rings. The monoisotopic (exact) mass is 435 g/mol. The number of benzene rings is 2. The molecule has 1 aromatic heterocycles. The minimum Gasteiger partial charge on any atom is -0.359 e. The summed E-state index contributed by atoms with van der Waals surface area (Å²) in [5.41, 5.74) is -0.355. The van der Waals surface area contributed by atoms with E-state index in [0.717, 1.165) is 0 Å². The molecule has 0 saturated heterocycles. The molecule has 0 spiro atoms. The maximum absolute atomic E-state index is 13.9. The first-order chi connectivity index (χ1) is 14.8. The van der Waals surface area contributed by atoms with E-state index in [1.165, 1.54) is 49.1 Å². The van der Waals surface area contributed by atoms with Crippen molar-refractivity contribution in [2.75, 3.05) is 13.9 Å². The third-order valence-corrected chi connectivity index (χ3v) is 4.28. The zero-order valence-corrected chi connectivity index (χ0v) is 16.4. The Kier molecular flexibility index (Phi) is 7.06. The Hall–Kier alpha value is -3.21. The molecule has 0 aliphatic heterocycles. The number of hydrogen-bond acceptors (Lipinski definition) is 5. The van der Waals surface area contributed by atoms with Crippen LogP contribution < -0.4 is 5.32 Å². The van der Waals surface area contributed by atoms with E-state index in [2.05, 4.69) is 9.97 Å². The number of nitrogens with one attached hydrogen (secondary N) is 1. The van der Waals surface area contributed by atoms with Crippen molar-refractivity contribution in [3.05, 3.63) is 71.8 Å². The number of halogens is 4. The van der Waals surface area contributed by atoms with Crippen LogP contribution in [0.4, 0.5) is 29.2 Å². The van der Waals surface area contributed by atoms with Gasteiger partial charge in [0.05, 0.1) is 12.2 Å². The van der Waals surface area contributed by atoms with Crippen LogP contribution in [0.1, 0.15) is 11.1 Å². The SMILES string of the molecule is COCOCc1ccc(C(=N)C(F)(F)F)c([NH2+]c2ncc(-c3ccccc3F)cn2)c1. The van der Waals surface area contributed by atoms with Gasteiger partial charge >= 0.3 is 12.1 Å². The summed E-state index contributed by atoms with van der Waals surface area (Å²) in [6.07, 6.45) is -2.04. The van der Waals surface area contributed by atoms with E-state index in [0.29, 0.717) is 16.7 Å². The highest BCUT2D eigenvalue weighted by molar-refractivity contribution is 6.05. The van der Waals surface area contributed by atoms with Crippen LogP contribution in [-0.4, -0.2) is 35.8 Å². The van der Waals surface area contributed by atoms with E-state index >= 15 is 0 Å². The fraction of sp³-hybridized carbons (Fsp3) is 0.190. The average Bonchev–Trinajstić information content (AvgIpc) is 2.74. The van der Waals surface area contributed by atoms with Crippen molar-refractivity contribution in [3.63, 3.8) is 0 Å². The van der Waals surface area contributed by atoms with Gasteiger partial charge in [-0.2, -0.15) is 23.1 Å². The fourth-order valence-corrected chi connectivity index (χ4v) is 2.83. The van der Waals surface area contributed by atoms with Crippen LogP contribution in [-0.2, 0) is 16.1 Å². The fourth-order valence-electron chi connectivity index (χ4n) is 2.83. The van der Waals surface area contributed by atoms with E-state index in [1.807, 2.05) is 0 Å². The predicted molar refractivity (Wildman–Crippen MR) is 105 cm³/mol. The van der Waals surface area contributed by atoms with Gasteiger partial charge in [-0.1, -0.05) is 24.3 Å². The molecule has 3 rings (SSSR count). The number of hydrogen-bond donors (Lipinski definition) is 2. The number of nitrogens with two attached hydrogens (primary N) is 1. The van der Waals surface area contributed by atoms with Gasteiger partial charge in [0.25, 0.3) is 0 Å². The number of ether oxygens (including phenoxy) is 2. The lowest BCUT2D eigenvalue weighted by Crippen LogP contribution is -2.73. The molecule has 0 bridgehead atoms. The van der Waals surface area contributed by atoms with Crippen molar-refractivity contribution >= 4 is 17.3 Å². The Morgan fingerprint density at radius 2 is 1.81 bits per heavy atom. The number of methoxy groups -OCH3 is 1. The molecule has 0 aliphatic carbocycles. The van der Waals surface area contributed by atoms with Gasteiger partial charge in [0.2, 0.25) is 0 Å². The van der Waals surface area contributed by atoms with Crippen LogP contribution >= 0.6 is 0 Å². The summed E-state index contributed by atoms with van der Waals surface area (Å²) in [6, 6.07) is 10.2. The largest absolute Gasteiger partial charge is 0.433 e. The van der Waals surface area contributed by atoms with Crippen LogP contribution in [0, 0.1) is 11.2 Å². The molecule has 162 valence electrons. The summed E-state index contributed by atoms with van der Waals surface area (Å²) in [5, 5.41) is 8.85. The molecule has 0 atom stereocenters.